The van der Waals surface area contributed by atoms with Crippen molar-refractivity contribution in [1.82, 2.24) is 4.98 Å². The van der Waals surface area contributed by atoms with Crippen molar-refractivity contribution in [3.63, 3.8) is 0 Å². The summed E-state index contributed by atoms with van der Waals surface area (Å²) >= 11 is 1.29. The van der Waals surface area contributed by atoms with Gasteiger partial charge < -0.3 is 18.9 Å². The maximum atomic E-state index is 12.4. The lowest BCUT2D eigenvalue weighted by atomic mass is 10.1. The summed E-state index contributed by atoms with van der Waals surface area (Å²) in [7, 11) is 4.35. The van der Waals surface area contributed by atoms with Gasteiger partial charge in [0.2, 0.25) is 5.75 Å². The fourth-order valence-electron chi connectivity index (χ4n) is 2.76. The number of thiazole rings is 1. The van der Waals surface area contributed by atoms with Crippen LogP contribution in [0.25, 0.3) is 11.3 Å². The lowest BCUT2D eigenvalue weighted by Crippen LogP contribution is -2.21. The molecule has 0 atom stereocenters. The van der Waals surface area contributed by atoms with Crippen LogP contribution in [0, 0.1) is 6.92 Å². The summed E-state index contributed by atoms with van der Waals surface area (Å²) < 4.78 is 20.8. The zero-order chi connectivity index (χ0) is 22.4. The molecular weight excluding hydrogens is 420 g/mol. The van der Waals surface area contributed by atoms with Gasteiger partial charge >= 0.3 is 5.97 Å². The Labute approximate surface area is 183 Å². The van der Waals surface area contributed by atoms with Crippen LogP contribution in [0.3, 0.4) is 0 Å². The molecule has 2 aromatic carbocycles. The van der Waals surface area contributed by atoms with E-state index < -0.39 is 18.5 Å². The highest BCUT2D eigenvalue weighted by Gasteiger charge is 2.19. The largest absolute Gasteiger partial charge is 0.493 e. The van der Waals surface area contributed by atoms with E-state index in [9.17, 15) is 9.59 Å². The zero-order valence-electron chi connectivity index (χ0n) is 17.6. The van der Waals surface area contributed by atoms with Crippen LogP contribution in [-0.4, -0.2) is 44.8 Å². The van der Waals surface area contributed by atoms with E-state index in [4.69, 9.17) is 18.9 Å². The molecule has 0 spiro atoms. The second kappa shape index (κ2) is 9.94. The SMILES string of the molecule is COc1cc(C(=O)OCC(=O)Nc2nc(-c3ccc(C)cc3)cs2)cc(OC)c1OC. The van der Waals surface area contributed by atoms with Gasteiger partial charge in [-0.3, -0.25) is 10.1 Å². The van der Waals surface area contributed by atoms with Gasteiger partial charge in [0.15, 0.2) is 23.2 Å². The second-order valence-corrected chi connectivity index (χ2v) is 7.30. The molecule has 1 N–H and O–H groups in total. The van der Waals surface area contributed by atoms with Gasteiger partial charge in [0.25, 0.3) is 5.91 Å². The molecule has 0 saturated heterocycles. The van der Waals surface area contributed by atoms with Crippen LogP contribution in [0.2, 0.25) is 0 Å². The molecule has 0 unspecified atom stereocenters. The number of amides is 1. The third-order valence-corrected chi connectivity index (χ3v) is 5.09. The number of anilines is 1. The number of ether oxygens (including phenoxy) is 4. The van der Waals surface area contributed by atoms with Crippen molar-refractivity contribution in [1.29, 1.82) is 0 Å². The normalized spacial score (nSPS) is 10.3. The Balaban J connectivity index is 1.61. The highest BCUT2D eigenvalue weighted by molar-refractivity contribution is 7.14. The smallest absolute Gasteiger partial charge is 0.338 e. The minimum atomic E-state index is -0.700. The van der Waals surface area contributed by atoms with Crippen LogP contribution >= 0.6 is 11.3 Å². The molecule has 0 aliphatic rings. The third-order valence-electron chi connectivity index (χ3n) is 4.33. The monoisotopic (exact) mass is 442 g/mol. The molecule has 3 aromatic rings. The van der Waals surface area contributed by atoms with Gasteiger partial charge in [0, 0.05) is 10.9 Å². The molecule has 0 bridgehead atoms. The van der Waals surface area contributed by atoms with Gasteiger partial charge in [-0.1, -0.05) is 29.8 Å². The van der Waals surface area contributed by atoms with E-state index in [2.05, 4.69) is 10.3 Å². The van der Waals surface area contributed by atoms with E-state index in [1.807, 2.05) is 36.6 Å². The van der Waals surface area contributed by atoms with Gasteiger partial charge in [-0.25, -0.2) is 9.78 Å². The van der Waals surface area contributed by atoms with E-state index in [0.29, 0.717) is 22.4 Å². The first-order chi connectivity index (χ1) is 14.9. The average molecular weight is 442 g/mol. The molecule has 0 saturated carbocycles. The number of hydrogen-bond donors (Lipinski definition) is 1. The van der Waals surface area contributed by atoms with E-state index in [1.54, 1.807) is 0 Å². The first-order valence-electron chi connectivity index (χ1n) is 9.24. The molecule has 0 radical (unpaired) electrons. The Morgan fingerprint density at radius 3 is 2.23 bits per heavy atom. The summed E-state index contributed by atoms with van der Waals surface area (Å²) in [5, 5.41) is 4.91. The Bertz CT molecular complexity index is 1050. The Morgan fingerprint density at radius 2 is 1.65 bits per heavy atom. The molecule has 1 amide bonds. The molecule has 1 heterocycles. The number of methoxy groups -OCH3 is 3. The first-order valence-corrected chi connectivity index (χ1v) is 10.1. The Kier molecular flexibility index (Phi) is 7.09. The number of hydrogen-bond acceptors (Lipinski definition) is 8. The number of carbonyl (C=O) groups excluding carboxylic acids is 2. The lowest BCUT2D eigenvalue weighted by molar-refractivity contribution is -0.119. The Morgan fingerprint density at radius 1 is 1.00 bits per heavy atom. The number of nitrogens with one attached hydrogen (secondary N) is 1. The standard InChI is InChI=1S/C22H22N2O6S/c1-13-5-7-14(8-6-13)16-12-31-22(23-16)24-19(25)11-30-21(26)15-9-17(27-2)20(29-4)18(10-15)28-3/h5-10,12H,11H2,1-4H3,(H,23,24,25). The number of benzene rings is 2. The fourth-order valence-corrected chi connectivity index (χ4v) is 3.49. The van der Waals surface area contributed by atoms with Crippen LogP contribution in [0.4, 0.5) is 5.13 Å². The van der Waals surface area contributed by atoms with Gasteiger partial charge in [0.05, 0.1) is 32.6 Å². The van der Waals surface area contributed by atoms with Crippen LogP contribution in [-0.2, 0) is 9.53 Å². The Hall–Kier alpha value is -3.59. The summed E-state index contributed by atoms with van der Waals surface area (Å²) in [6.07, 6.45) is 0. The number of carbonyl (C=O) groups is 2. The number of nitrogens with zero attached hydrogens (tertiary/aromatic N) is 1. The van der Waals surface area contributed by atoms with E-state index in [1.165, 1.54) is 44.8 Å². The third kappa shape index (κ3) is 5.32. The predicted molar refractivity (Wildman–Crippen MR) is 117 cm³/mol. The summed E-state index contributed by atoms with van der Waals surface area (Å²) in [6, 6.07) is 10.8. The molecule has 3 rings (SSSR count). The second-order valence-electron chi connectivity index (χ2n) is 6.44. The van der Waals surface area contributed by atoms with E-state index in [0.717, 1.165) is 16.8 Å². The highest BCUT2D eigenvalue weighted by atomic mass is 32.1. The summed E-state index contributed by atoms with van der Waals surface area (Å²) in [5.74, 6) is -0.221. The molecular formula is C22H22N2O6S. The summed E-state index contributed by atoms with van der Waals surface area (Å²) in [6.45, 7) is 1.55. The van der Waals surface area contributed by atoms with Crippen molar-refractivity contribution < 1.29 is 28.5 Å². The van der Waals surface area contributed by atoms with E-state index >= 15 is 0 Å². The highest BCUT2D eigenvalue weighted by Crippen LogP contribution is 2.38. The molecule has 31 heavy (non-hydrogen) atoms. The van der Waals surface area contributed by atoms with Gasteiger partial charge in [-0.2, -0.15) is 0 Å². The van der Waals surface area contributed by atoms with Crippen molar-refractivity contribution in [2.75, 3.05) is 33.3 Å². The molecule has 9 heteroatoms. The molecule has 1 aromatic heterocycles. The lowest BCUT2D eigenvalue weighted by Gasteiger charge is -2.13. The summed E-state index contributed by atoms with van der Waals surface area (Å²) in [5.41, 5.74) is 3.03. The van der Waals surface area contributed by atoms with Crippen LogP contribution in [0.1, 0.15) is 15.9 Å². The first kappa shape index (κ1) is 22.1. The number of esters is 1. The van der Waals surface area contributed by atoms with Crippen molar-refractivity contribution in [2.45, 2.75) is 6.92 Å². The number of rotatable bonds is 8. The number of aryl methyl sites for hydroxylation is 1. The van der Waals surface area contributed by atoms with E-state index in [-0.39, 0.29) is 5.56 Å². The number of aromatic nitrogens is 1. The fraction of sp³-hybridized carbons (Fsp3) is 0.227. The topological polar surface area (TPSA) is 96.0 Å². The molecule has 162 valence electrons. The van der Waals surface area contributed by atoms with Gasteiger partial charge in [0.1, 0.15) is 0 Å². The van der Waals surface area contributed by atoms with Crippen LogP contribution < -0.4 is 19.5 Å². The van der Waals surface area contributed by atoms with Gasteiger partial charge in [-0.05, 0) is 19.1 Å². The van der Waals surface area contributed by atoms with Crippen molar-refractivity contribution >= 4 is 28.3 Å². The minimum absolute atomic E-state index is 0.165. The van der Waals surface area contributed by atoms with Gasteiger partial charge in [-0.15, -0.1) is 11.3 Å². The maximum absolute atomic E-state index is 12.4. The zero-order valence-corrected chi connectivity index (χ0v) is 18.4. The van der Waals surface area contributed by atoms with Crippen molar-refractivity contribution in [3.05, 3.63) is 52.9 Å². The molecule has 0 fully saturated rings. The maximum Gasteiger partial charge on any atom is 0.338 e. The molecule has 8 nitrogen and oxygen atoms in total. The molecule has 0 aliphatic heterocycles. The average Bonchev–Trinajstić information content (AvgIpc) is 3.25. The predicted octanol–water partition coefficient (Wildman–Crippen LogP) is 3.94. The van der Waals surface area contributed by atoms with Crippen molar-refractivity contribution in [2.24, 2.45) is 0 Å². The van der Waals surface area contributed by atoms with Crippen LogP contribution in [0.5, 0.6) is 17.2 Å². The quantitative estimate of drug-likeness (QED) is 0.528. The van der Waals surface area contributed by atoms with Crippen LogP contribution in [0.15, 0.2) is 41.8 Å². The summed E-state index contributed by atoms with van der Waals surface area (Å²) in [4.78, 5) is 29.0. The molecule has 0 aliphatic carbocycles. The van der Waals surface area contributed by atoms with Crippen molar-refractivity contribution in [3.8, 4) is 28.5 Å². The minimum Gasteiger partial charge on any atom is -0.493 e.